The van der Waals surface area contributed by atoms with Gasteiger partial charge in [-0.15, -0.1) is 11.3 Å². The summed E-state index contributed by atoms with van der Waals surface area (Å²) < 4.78 is 6.17. The van der Waals surface area contributed by atoms with Crippen LogP contribution in [0.3, 0.4) is 0 Å². The summed E-state index contributed by atoms with van der Waals surface area (Å²) in [5.74, 6) is -1.06. The second-order valence-electron chi connectivity index (χ2n) is 4.92. The van der Waals surface area contributed by atoms with Gasteiger partial charge in [-0.05, 0) is 24.4 Å². The second kappa shape index (κ2) is 5.76. The SMILES string of the molecule is CC(OC(=O)c1cc2ccccc2s1)C(=O)N1CCNC1=O. The van der Waals surface area contributed by atoms with Gasteiger partial charge in [0.15, 0.2) is 6.10 Å². The number of carbonyl (C=O) groups is 3. The summed E-state index contributed by atoms with van der Waals surface area (Å²) >= 11 is 1.31. The van der Waals surface area contributed by atoms with Crippen LogP contribution < -0.4 is 5.32 Å². The molecule has 7 heteroatoms. The molecule has 22 heavy (non-hydrogen) atoms. The van der Waals surface area contributed by atoms with Crippen LogP contribution in [-0.4, -0.2) is 42.0 Å². The number of amides is 3. The van der Waals surface area contributed by atoms with Gasteiger partial charge in [-0.3, -0.25) is 9.69 Å². The maximum absolute atomic E-state index is 12.1. The lowest BCUT2D eigenvalue weighted by Crippen LogP contribution is -2.41. The molecule has 1 aromatic carbocycles. The molecule has 1 saturated heterocycles. The summed E-state index contributed by atoms with van der Waals surface area (Å²) in [6.07, 6.45) is -0.999. The summed E-state index contributed by atoms with van der Waals surface area (Å²) in [5, 5.41) is 3.49. The molecule has 2 aromatic rings. The molecule has 1 atom stereocenters. The Balaban J connectivity index is 1.70. The third kappa shape index (κ3) is 2.67. The molecule has 1 aliphatic rings. The van der Waals surface area contributed by atoms with Crippen LogP contribution in [0.1, 0.15) is 16.6 Å². The van der Waals surface area contributed by atoms with E-state index in [-0.39, 0.29) is 0 Å². The number of hydrogen-bond acceptors (Lipinski definition) is 5. The second-order valence-corrected chi connectivity index (χ2v) is 6.00. The van der Waals surface area contributed by atoms with Gasteiger partial charge in [0.2, 0.25) is 0 Å². The van der Waals surface area contributed by atoms with Gasteiger partial charge < -0.3 is 10.1 Å². The van der Waals surface area contributed by atoms with Gasteiger partial charge in [0.25, 0.3) is 5.91 Å². The van der Waals surface area contributed by atoms with Crippen molar-refractivity contribution in [3.05, 3.63) is 35.2 Å². The zero-order valence-corrected chi connectivity index (χ0v) is 12.7. The number of benzene rings is 1. The van der Waals surface area contributed by atoms with Crippen LogP contribution in [0.15, 0.2) is 30.3 Å². The van der Waals surface area contributed by atoms with Crippen molar-refractivity contribution in [2.45, 2.75) is 13.0 Å². The van der Waals surface area contributed by atoms with Crippen molar-refractivity contribution in [1.82, 2.24) is 10.2 Å². The van der Waals surface area contributed by atoms with Crippen LogP contribution >= 0.6 is 11.3 Å². The zero-order chi connectivity index (χ0) is 15.7. The third-order valence-corrected chi connectivity index (χ3v) is 4.48. The Morgan fingerprint density at radius 2 is 2.14 bits per heavy atom. The lowest BCUT2D eigenvalue weighted by molar-refractivity contribution is -0.135. The number of rotatable bonds is 3. The highest BCUT2D eigenvalue weighted by atomic mass is 32.1. The average molecular weight is 318 g/mol. The molecule has 1 unspecified atom stereocenters. The predicted molar refractivity (Wildman–Crippen MR) is 81.8 cm³/mol. The molecule has 3 rings (SSSR count). The van der Waals surface area contributed by atoms with Crippen molar-refractivity contribution >= 4 is 39.3 Å². The first-order chi connectivity index (χ1) is 10.6. The first-order valence-electron chi connectivity index (χ1n) is 6.85. The number of carbonyl (C=O) groups excluding carboxylic acids is 3. The van der Waals surface area contributed by atoms with E-state index in [1.807, 2.05) is 24.3 Å². The molecule has 114 valence electrons. The van der Waals surface area contributed by atoms with Crippen molar-refractivity contribution in [2.75, 3.05) is 13.1 Å². The Morgan fingerprint density at radius 1 is 1.36 bits per heavy atom. The average Bonchev–Trinajstić information content (AvgIpc) is 3.12. The number of hydrogen-bond donors (Lipinski definition) is 1. The number of thiophene rings is 1. The van der Waals surface area contributed by atoms with E-state index in [0.717, 1.165) is 15.0 Å². The van der Waals surface area contributed by atoms with Gasteiger partial charge >= 0.3 is 12.0 Å². The topological polar surface area (TPSA) is 75.7 Å². The monoisotopic (exact) mass is 318 g/mol. The first-order valence-corrected chi connectivity index (χ1v) is 7.66. The fourth-order valence-electron chi connectivity index (χ4n) is 2.25. The van der Waals surface area contributed by atoms with Crippen LogP contribution in [0, 0.1) is 0 Å². The molecule has 1 aromatic heterocycles. The summed E-state index contributed by atoms with van der Waals surface area (Å²) in [4.78, 5) is 37.2. The van der Waals surface area contributed by atoms with Crippen molar-refractivity contribution in [3.8, 4) is 0 Å². The van der Waals surface area contributed by atoms with E-state index >= 15 is 0 Å². The molecule has 0 radical (unpaired) electrons. The molecule has 0 spiro atoms. The van der Waals surface area contributed by atoms with E-state index in [9.17, 15) is 14.4 Å². The largest absolute Gasteiger partial charge is 0.448 e. The van der Waals surface area contributed by atoms with E-state index in [1.54, 1.807) is 6.07 Å². The number of esters is 1. The lowest BCUT2D eigenvalue weighted by Gasteiger charge is -2.17. The molecular formula is C15H14N2O4S. The fourth-order valence-corrected chi connectivity index (χ4v) is 3.20. The third-order valence-electron chi connectivity index (χ3n) is 3.38. The van der Waals surface area contributed by atoms with Crippen LogP contribution in [0.5, 0.6) is 0 Å². The Labute approximate surface area is 130 Å². The summed E-state index contributed by atoms with van der Waals surface area (Å²) in [6.45, 7) is 2.18. The molecular weight excluding hydrogens is 304 g/mol. The highest BCUT2D eigenvalue weighted by Gasteiger charge is 2.31. The van der Waals surface area contributed by atoms with Crippen LogP contribution in [0.25, 0.3) is 10.1 Å². The van der Waals surface area contributed by atoms with E-state index in [1.165, 1.54) is 18.3 Å². The lowest BCUT2D eigenvalue weighted by atomic mass is 10.2. The fraction of sp³-hybridized carbons (Fsp3) is 0.267. The molecule has 1 N–H and O–H groups in total. The van der Waals surface area contributed by atoms with Crippen molar-refractivity contribution in [1.29, 1.82) is 0 Å². The minimum absolute atomic E-state index is 0.294. The summed E-state index contributed by atoms with van der Waals surface area (Å²) in [5.41, 5.74) is 0. The van der Waals surface area contributed by atoms with Gasteiger partial charge in [0.1, 0.15) is 4.88 Å². The predicted octanol–water partition coefficient (Wildman–Crippen LogP) is 2.00. The highest BCUT2D eigenvalue weighted by molar-refractivity contribution is 7.20. The Bertz CT molecular complexity index is 722. The minimum atomic E-state index is -0.999. The Hall–Kier alpha value is -2.41. The number of fused-ring (bicyclic) bond motifs is 1. The van der Waals surface area contributed by atoms with Gasteiger partial charge in [-0.2, -0.15) is 0 Å². The van der Waals surface area contributed by atoms with Gasteiger partial charge in [-0.1, -0.05) is 18.2 Å². The molecule has 6 nitrogen and oxygen atoms in total. The smallest absolute Gasteiger partial charge is 0.349 e. The first kappa shape index (κ1) is 14.5. The van der Waals surface area contributed by atoms with Crippen LogP contribution in [0.2, 0.25) is 0 Å². The number of nitrogens with zero attached hydrogens (tertiary/aromatic N) is 1. The quantitative estimate of drug-likeness (QED) is 0.878. The number of urea groups is 1. The molecule has 3 amide bonds. The minimum Gasteiger partial charge on any atom is -0.448 e. The number of ether oxygens (including phenoxy) is 1. The molecule has 1 aliphatic heterocycles. The van der Waals surface area contributed by atoms with Crippen molar-refractivity contribution in [3.63, 3.8) is 0 Å². The van der Waals surface area contributed by atoms with Crippen molar-refractivity contribution in [2.24, 2.45) is 0 Å². The normalized spacial score (nSPS) is 15.7. The Morgan fingerprint density at radius 3 is 2.82 bits per heavy atom. The summed E-state index contributed by atoms with van der Waals surface area (Å²) in [6, 6.07) is 8.90. The maximum atomic E-state index is 12.1. The zero-order valence-electron chi connectivity index (χ0n) is 11.9. The van der Waals surface area contributed by atoms with E-state index < -0.39 is 24.0 Å². The Kier molecular flexibility index (Phi) is 3.81. The van der Waals surface area contributed by atoms with E-state index in [0.29, 0.717) is 18.0 Å². The molecule has 1 fully saturated rings. The summed E-state index contributed by atoms with van der Waals surface area (Å²) in [7, 11) is 0. The maximum Gasteiger partial charge on any atom is 0.349 e. The van der Waals surface area contributed by atoms with E-state index in [2.05, 4.69) is 5.32 Å². The van der Waals surface area contributed by atoms with Gasteiger partial charge in [-0.25, -0.2) is 9.59 Å². The molecule has 0 bridgehead atoms. The molecule has 2 heterocycles. The highest BCUT2D eigenvalue weighted by Crippen LogP contribution is 2.26. The van der Waals surface area contributed by atoms with Crippen LogP contribution in [0.4, 0.5) is 4.79 Å². The van der Waals surface area contributed by atoms with E-state index in [4.69, 9.17) is 4.74 Å². The van der Waals surface area contributed by atoms with Gasteiger partial charge in [0.05, 0.1) is 0 Å². The van der Waals surface area contributed by atoms with Crippen LogP contribution in [-0.2, 0) is 9.53 Å². The molecule has 0 saturated carbocycles. The number of nitrogens with one attached hydrogen (secondary N) is 1. The molecule has 0 aliphatic carbocycles. The van der Waals surface area contributed by atoms with Crippen molar-refractivity contribution < 1.29 is 19.1 Å². The van der Waals surface area contributed by atoms with Gasteiger partial charge in [0, 0.05) is 17.8 Å². The standard InChI is InChI=1S/C15H14N2O4S/c1-9(13(18)17-7-6-16-15(17)20)21-14(19)12-8-10-4-2-3-5-11(10)22-12/h2-5,8-9H,6-7H2,1H3,(H,16,20). The number of imide groups is 1.